The molecule has 0 unspecified atom stereocenters. The van der Waals surface area contributed by atoms with Gasteiger partial charge in [-0.05, 0) is 43.9 Å². The van der Waals surface area contributed by atoms with Gasteiger partial charge in [0.15, 0.2) is 0 Å². The Hall–Kier alpha value is -1.44. The lowest BCUT2D eigenvalue weighted by Crippen LogP contribution is -2.30. The van der Waals surface area contributed by atoms with E-state index in [0.29, 0.717) is 6.42 Å². The summed E-state index contributed by atoms with van der Waals surface area (Å²) in [5.74, 6) is 0.0588. The maximum absolute atomic E-state index is 12.3. The quantitative estimate of drug-likeness (QED) is 0.855. The Morgan fingerprint density at radius 2 is 2.04 bits per heavy atom. The van der Waals surface area contributed by atoms with E-state index in [4.69, 9.17) is 9.88 Å². The highest BCUT2D eigenvalue weighted by atomic mass is 32.2. The first-order valence-corrected chi connectivity index (χ1v) is 9.33. The van der Waals surface area contributed by atoms with Crippen LogP contribution in [0.25, 0.3) is 0 Å². The van der Waals surface area contributed by atoms with Crippen LogP contribution in [-0.4, -0.2) is 39.0 Å². The molecule has 0 bridgehead atoms. The van der Waals surface area contributed by atoms with Gasteiger partial charge in [0.1, 0.15) is 0 Å². The third-order valence-corrected chi connectivity index (χ3v) is 5.30. The summed E-state index contributed by atoms with van der Waals surface area (Å²) in [6, 6.07) is 6.17. The number of nitrogens with two attached hydrogens (primary N) is 1. The van der Waals surface area contributed by atoms with Gasteiger partial charge < -0.3 is 9.64 Å². The maximum Gasteiger partial charge on any atom is 0.238 e. The van der Waals surface area contributed by atoms with Crippen LogP contribution >= 0.6 is 0 Å². The molecule has 0 saturated carbocycles. The molecule has 0 aromatic heterocycles. The Morgan fingerprint density at radius 1 is 1.39 bits per heavy atom. The maximum atomic E-state index is 12.3. The third-order valence-electron chi connectivity index (χ3n) is 4.37. The molecule has 1 aromatic carbocycles. The topological polar surface area (TPSA) is 89.7 Å². The van der Waals surface area contributed by atoms with Gasteiger partial charge in [0.2, 0.25) is 15.9 Å². The van der Waals surface area contributed by atoms with Crippen molar-refractivity contribution >= 4 is 15.9 Å². The number of hydrogen-bond donors (Lipinski definition) is 1. The number of primary sulfonamides is 1. The van der Waals surface area contributed by atoms with Crippen LogP contribution in [0.5, 0.6) is 0 Å². The number of amides is 1. The van der Waals surface area contributed by atoms with Crippen LogP contribution in [0, 0.1) is 0 Å². The molecule has 0 radical (unpaired) electrons. The molecule has 128 valence electrons. The summed E-state index contributed by atoms with van der Waals surface area (Å²) in [5.41, 5.74) is 0.866. The van der Waals surface area contributed by atoms with Crippen molar-refractivity contribution in [2.45, 2.75) is 49.6 Å². The molecule has 1 aliphatic rings. The molecule has 6 nitrogen and oxygen atoms in total. The SMILES string of the molecule is C[C@H](c1ccc(S(N)(=O)=O)cc1)N(C)C(=O)CC[C@@H]1CCCO1. The standard InChI is InChI=1S/C16H24N2O4S/c1-12(13-5-8-15(9-6-13)23(17,20)21)18(2)16(19)10-7-14-4-3-11-22-14/h5-6,8-9,12,14H,3-4,7,10-11H2,1-2H3,(H2,17,20,21)/t12-,14+/m1/s1. The molecule has 1 aromatic rings. The fourth-order valence-electron chi connectivity index (χ4n) is 2.71. The zero-order valence-electron chi connectivity index (χ0n) is 13.6. The molecule has 1 saturated heterocycles. The third kappa shape index (κ3) is 4.76. The minimum absolute atomic E-state index is 0.0588. The van der Waals surface area contributed by atoms with Crippen LogP contribution in [-0.2, 0) is 19.6 Å². The highest BCUT2D eigenvalue weighted by Gasteiger charge is 2.21. The number of benzene rings is 1. The molecule has 1 amide bonds. The summed E-state index contributed by atoms with van der Waals surface area (Å²) in [6.45, 7) is 2.71. The molecule has 1 fully saturated rings. The monoisotopic (exact) mass is 340 g/mol. The Morgan fingerprint density at radius 3 is 2.57 bits per heavy atom. The van der Waals surface area contributed by atoms with Crippen molar-refractivity contribution in [3.05, 3.63) is 29.8 Å². The molecule has 0 aliphatic carbocycles. The number of sulfonamides is 1. The number of carbonyl (C=O) groups excluding carboxylic acids is 1. The van der Waals surface area contributed by atoms with Crippen LogP contribution in [0.2, 0.25) is 0 Å². The van der Waals surface area contributed by atoms with Crippen molar-refractivity contribution in [1.82, 2.24) is 4.90 Å². The van der Waals surface area contributed by atoms with Gasteiger partial charge >= 0.3 is 0 Å². The van der Waals surface area contributed by atoms with Crippen molar-refractivity contribution in [1.29, 1.82) is 0 Å². The zero-order valence-corrected chi connectivity index (χ0v) is 14.4. The van der Waals surface area contributed by atoms with Crippen molar-refractivity contribution in [3.63, 3.8) is 0 Å². The summed E-state index contributed by atoms with van der Waals surface area (Å²) >= 11 is 0. The normalized spacial score (nSPS) is 19.5. The average Bonchev–Trinajstić information content (AvgIpc) is 3.04. The van der Waals surface area contributed by atoms with Crippen molar-refractivity contribution in [2.75, 3.05) is 13.7 Å². The van der Waals surface area contributed by atoms with E-state index in [9.17, 15) is 13.2 Å². The van der Waals surface area contributed by atoms with E-state index in [-0.39, 0.29) is 22.9 Å². The van der Waals surface area contributed by atoms with Crippen molar-refractivity contribution < 1.29 is 17.9 Å². The van der Waals surface area contributed by atoms with Gasteiger partial charge in [0, 0.05) is 20.1 Å². The first-order chi connectivity index (χ1) is 10.8. The van der Waals surface area contributed by atoms with Crippen LogP contribution in [0.4, 0.5) is 0 Å². The fourth-order valence-corrected chi connectivity index (χ4v) is 3.22. The molecule has 7 heteroatoms. The van der Waals surface area contributed by atoms with Gasteiger partial charge in [-0.25, -0.2) is 13.6 Å². The van der Waals surface area contributed by atoms with E-state index in [2.05, 4.69) is 0 Å². The van der Waals surface area contributed by atoms with E-state index < -0.39 is 10.0 Å². The van der Waals surface area contributed by atoms with E-state index in [0.717, 1.165) is 31.4 Å². The molecular formula is C16H24N2O4S. The molecule has 2 atom stereocenters. The minimum Gasteiger partial charge on any atom is -0.378 e. The minimum atomic E-state index is -3.69. The van der Waals surface area contributed by atoms with Gasteiger partial charge in [0.25, 0.3) is 0 Å². The van der Waals surface area contributed by atoms with Crippen molar-refractivity contribution in [3.8, 4) is 0 Å². The second kappa shape index (κ2) is 7.42. The highest BCUT2D eigenvalue weighted by Crippen LogP contribution is 2.23. The summed E-state index contributed by atoms with van der Waals surface area (Å²) in [7, 11) is -1.93. The van der Waals surface area contributed by atoms with Crippen LogP contribution in [0.15, 0.2) is 29.2 Å². The van der Waals surface area contributed by atoms with Crippen molar-refractivity contribution in [2.24, 2.45) is 5.14 Å². The van der Waals surface area contributed by atoms with E-state index in [1.165, 1.54) is 12.1 Å². The molecular weight excluding hydrogens is 316 g/mol. The molecule has 2 rings (SSSR count). The van der Waals surface area contributed by atoms with E-state index in [1.54, 1.807) is 24.1 Å². The number of ether oxygens (including phenoxy) is 1. The Labute approximate surface area is 137 Å². The lowest BCUT2D eigenvalue weighted by atomic mass is 10.1. The highest BCUT2D eigenvalue weighted by molar-refractivity contribution is 7.89. The van der Waals surface area contributed by atoms with Gasteiger partial charge in [0.05, 0.1) is 17.0 Å². The second-order valence-electron chi connectivity index (χ2n) is 5.97. The Balaban J connectivity index is 1.95. The lowest BCUT2D eigenvalue weighted by Gasteiger charge is -2.26. The van der Waals surface area contributed by atoms with Crippen LogP contribution < -0.4 is 5.14 Å². The number of hydrogen-bond acceptors (Lipinski definition) is 4. The summed E-state index contributed by atoms with van der Waals surface area (Å²) in [5, 5.41) is 5.09. The number of rotatable bonds is 6. The molecule has 1 aliphatic heterocycles. The van der Waals surface area contributed by atoms with Crippen LogP contribution in [0.1, 0.15) is 44.2 Å². The van der Waals surface area contributed by atoms with Gasteiger partial charge in [-0.1, -0.05) is 12.1 Å². The molecule has 1 heterocycles. The van der Waals surface area contributed by atoms with Gasteiger partial charge in [-0.2, -0.15) is 0 Å². The summed E-state index contributed by atoms with van der Waals surface area (Å²) in [4.78, 5) is 14.0. The number of carbonyl (C=O) groups is 1. The Bertz CT molecular complexity index is 637. The lowest BCUT2D eigenvalue weighted by molar-refractivity contribution is -0.132. The predicted molar refractivity (Wildman–Crippen MR) is 87.2 cm³/mol. The van der Waals surface area contributed by atoms with E-state index in [1.807, 2.05) is 6.92 Å². The smallest absolute Gasteiger partial charge is 0.238 e. The average molecular weight is 340 g/mol. The first kappa shape index (κ1) is 17.9. The van der Waals surface area contributed by atoms with Crippen LogP contribution in [0.3, 0.4) is 0 Å². The second-order valence-corrected chi connectivity index (χ2v) is 7.53. The summed E-state index contributed by atoms with van der Waals surface area (Å²) < 4.78 is 28.1. The predicted octanol–water partition coefficient (Wildman–Crippen LogP) is 1.81. The van der Waals surface area contributed by atoms with Gasteiger partial charge in [-0.3, -0.25) is 4.79 Å². The number of nitrogens with zero attached hydrogens (tertiary/aromatic N) is 1. The Kier molecular flexibility index (Phi) is 5.78. The molecule has 23 heavy (non-hydrogen) atoms. The van der Waals surface area contributed by atoms with E-state index >= 15 is 0 Å². The summed E-state index contributed by atoms with van der Waals surface area (Å²) in [6.07, 6.45) is 3.51. The molecule has 0 spiro atoms. The largest absolute Gasteiger partial charge is 0.378 e. The van der Waals surface area contributed by atoms with Gasteiger partial charge in [-0.15, -0.1) is 0 Å². The molecule has 2 N–H and O–H groups in total. The fraction of sp³-hybridized carbons (Fsp3) is 0.562. The zero-order chi connectivity index (χ0) is 17.0. The first-order valence-electron chi connectivity index (χ1n) is 7.79.